The van der Waals surface area contributed by atoms with Gasteiger partial charge < -0.3 is 10.1 Å². The molecule has 1 rings (SSSR count). The lowest BCUT2D eigenvalue weighted by molar-refractivity contribution is -0.385. The lowest BCUT2D eigenvalue weighted by Crippen LogP contribution is -2.12. The molecule has 5 nitrogen and oxygen atoms in total. The minimum absolute atomic E-state index is 0.0418. The van der Waals surface area contributed by atoms with Gasteiger partial charge in [0, 0.05) is 12.6 Å². The molecule has 5 heteroatoms. The molecule has 1 N–H and O–H groups in total. The first-order valence-electron chi connectivity index (χ1n) is 7.67. The fourth-order valence-corrected chi connectivity index (χ4v) is 2.24. The molecule has 1 aromatic carbocycles. The van der Waals surface area contributed by atoms with Gasteiger partial charge >= 0.3 is 5.69 Å². The van der Waals surface area contributed by atoms with Crippen LogP contribution in [0.25, 0.3) is 0 Å². The van der Waals surface area contributed by atoms with E-state index in [1.165, 1.54) is 12.5 Å². The molecule has 0 saturated heterocycles. The van der Waals surface area contributed by atoms with E-state index in [-0.39, 0.29) is 10.6 Å². The van der Waals surface area contributed by atoms with Crippen LogP contribution in [0, 0.1) is 16.0 Å². The maximum atomic E-state index is 11.1. The molecule has 118 valence electrons. The smallest absolute Gasteiger partial charge is 0.310 e. The third kappa shape index (κ3) is 5.71. The Balaban J connectivity index is 2.78. The maximum Gasteiger partial charge on any atom is 0.310 e. The van der Waals surface area contributed by atoms with Crippen molar-refractivity contribution in [1.82, 2.24) is 5.32 Å². The molecule has 0 bridgehead atoms. The first-order chi connectivity index (χ1) is 10.1. The van der Waals surface area contributed by atoms with E-state index < -0.39 is 0 Å². The van der Waals surface area contributed by atoms with Crippen molar-refractivity contribution >= 4 is 5.69 Å². The summed E-state index contributed by atoms with van der Waals surface area (Å²) in [5, 5.41) is 14.1. The molecule has 1 atom stereocenters. The van der Waals surface area contributed by atoms with Gasteiger partial charge in [0.25, 0.3) is 0 Å². The second-order valence-electron chi connectivity index (χ2n) is 5.32. The van der Waals surface area contributed by atoms with Gasteiger partial charge in [-0.3, -0.25) is 10.1 Å². The minimum atomic E-state index is -0.383. The van der Waals surface area contributed by atoms with Crippen LogP contribution in [0.2, 0.25) is 0 Å². The van der Waals surface area contributed by atoms with Crippen molar-refractivity contribution in [2.75, 3.05) is 13.7 Å². The second-order valence-corrected chi connectivity index (χ2v) is 5.32. The summed E-state index contributed by atoms with van der Waals surface area (Å²) >= 11 is 0. The summed E-state index contributed by atoms with van der Waals surface area (Å²) in [6.45, 7) is 5.51. The van der Waals surface area contributed by atoms with Gasteiger partial charge in [-0.15, -0.1) is 0 Å². The number of nitro groups is 1. The maximum absolute atomic E-state index is 11.1. The van der Waals surface area contributed by atoms with E-state index in [1.807, 2.05) is 7.05 Å². The minimum Gasteiger partial charge on any atom is -0.487 e. The van der Waals surface area contributed by atoms with Crippen LogP contribution in [0.5, 0.6) is 5.75 Å². The van der Waals surface area contributed by atoms with Crippen LogP contribution in [-0.4, -0.2) is 18.6 Å². The highest BCUT2D eigenvalue weighted by atomic mass is 16.6. The average Bonchev–Trinajstić information content (AvgIpc) is 2.47. The van der Waals surface area contributed by atoms with Gasteiger partial charge in [-0.1, -0.05) is 39.2 Å². The van der Waals surface area contributed by atoms with Crippen LogP contribution in [-0.2, 0) is 6.54 Å². The van der Waals surface area contributed by atoms with Crippen molar-refractivity contribution in [2.45, 2.75) is 46.1 Å². The Kier molecular flexibility index (Phi) is 7.75. The molecule has 0 heterocycles. The highest BCUT2D eigenvalue weighted by molar-refractivity contribution is 5.48. The fraction of sp³-hybridized carbons (Fsp3) is 0.625. The molecule has 0 fully saturated rings. The Morgan fingerprint density at radius 2 is 2.14 bits per heavy atom. The zero-order chi connectivity index (χ0) is 15.7. The number of rotatable bonds is 10. The Bertz CT molecular complexity index is 449. The normalized spacial score (nSPS) is 12.1. The van der Waals surface area contributed by atoms with Gasteiger partial charge in [0.15, 0.2) is 5.75 Å². The molecule has 0 aromatic heterocycles. The largest absolute Gasteiger partial charge is 0.487 e. The molecule has 0 aliphatic heterocycles. The van der Waals surface area contributed by atoms with E-state index in [9.17, 15) is 10.1 Å². The number of nitrogens with zero attached hydrogens (tertiary/aromatic N) is 1. The van der Waals surface area contributed by atoms with Gasteiger partial charge in [0.2, 0.25) is 0 Å². The molecule has 0 amide bonds. The van der Waals surface area contributed by atoms with Crippen LogP contribution in [0.4, 0.5) is 5.69 Å². The number of hydrogen-bond acceptors (Lipinski definition) is 4. The monoisotopic (exact) mass is 294 g/mol. The molecular formula is C16H26N2O3. The number of benzene rings is 1. The van der Waals surface area contributed by atoms with Crippen molar-refractivity contribution in [3.05, 3.63) is 33.9 Å². The summed E-state index contributed by atoms with van der Waals surface area (Å²) in [4.78, 5) is 10.7. The van der Waals surface area contributed by atoms with Crippen LogP contribution in [0.15, 0.2) is 18.2 Å². The first kappa shape index (κ1) is 17.4. The van der Waals surface area contributed by atoms with Gasteiger partial charge in [-0.25, -0.2) is 0 Å². The third-order valence-electron chi connectivity index (χ3n) is 3.62. The predicted octanol–water partition coefficient (Wildman–Crippen LogP) is 3.91. The average molecular weight is 294 g/mol. The van der Waals surface area contributed by atoms with Crippen molar-refractivity contribution in [3.8, 4) is 5.75 Å². The van der Waals surface area contributed by atoms with E-state index in [0.29, 0.717) is 24.8 Å². The summed E-state index contributed by atoms with van der Waals surface area (Å²) in [5.74, 6) is 0.834. The van der Waals surface area contributed by atoms with Gasteiger partial charge in [0.1, 0.15) is 0 Å². The van der Waals surface area contributed by atoms with E-state index >= 15 is 0 Å². The van der Waals surface area contributed by atoms with E-state index in [4.69, 9.17) is 4.74 Å². The SMILES string of the molecule is CCCCC(CC)COc1cc(CNC)ccc1[N+](=O)[O-]. The summed E-state index contributed by atoms with van der Waals surface area (Å²) < 4.78 is 5.77. The van der Waals surface area contributed by atoms with Crippen molar-refractivity contribution < 1.29 is 9.66 Å². The summed E-state index contributed by atoms with van der Waals surface area (Å²) in [7, 11) is 1.85. The lowest BCUT2D eigenvalue weighted by atomic mass is 10.0. The second kappa shape index (κ2) is 9.34. The molecule has 1 unspecified atom stereocenters. The van der Waals surface area contributed by atoms with Gasteiger partial charge in [0.05, 0.1) is 11.5 Å². The van der Waals surface area contributed by atoms with Crippen molar-refractivity contribution in [2.24, 2.45) is 5.92 Å². The van der Waals surface area contributed by atoms with Crippen LogP contribution in [0.1, 0.15) is 45.1 Å². The molecule has 0 saturated carbocycles. The molecule has 1 aromatic rings. The third-order valence-corrected chi connectivity index (χ3v) is 3.62. The number of nitro benzene ring substituents is 1. The standard InChI is InChI=1S/C16H26N2O3/c1-4-6-7-13(5-2)12-21-16-10-14(11-17-3)8-9-15(16)18(19)20/h8-10,13,17H,4-7,11-12H2,1-3H3. The highest BCUT2D eigenvalue weighted by Gasteiger charge is 2.17. The van der Waals surface area contributed by atoms with Crippen molar-refractivity contribution in [1.29, 1.82) is 0 Å². The van der Waals surface area contributed by atoms with E-state index in [2.05, 4.69) is 19.2 Å². The summed E-state index contributed by atoms with van der Waals surface area (Å²) in [6, 6.07) is 5.05. The molecule has 0 spiro atoms. The molecule has 0 radical (unpaired) electrons. The molecular weight excluding hydrogens is 268 g/mol. The Morgan fingerprint density at radius 3 is 2.71 bits per heavy atom. The van der Waals surface area contributed by atoms with Crippen LogP contribution in [0.3, 0.4) is 0 Å². The Hall–Kier alpha value is -1.62. The Morgan fingerprint density at radius 1 is 1.38 bits per heavy atom. The number of ether oxygens (including phenoxy) is 1. The quantitative estimate of drug-likeness (QED) is 0.525. The zero-order valence-electron chi connectivity index (χ0n) is 13.2. The highest BCUT2D eigenvalue weighted by Crippen LogP contribution is 2.29. The molecule has 0 aliphatic carbocycles. The van der Waals surface area contributed by atoms with Crippen molar-refractivity contribution in [3.63, 3.8) is 0 Å². The van der Waals surface area contributed by atoms with Gasteiger partial charge in [-0.05, 0) is 31.0 Å². The number of hydrogen-bond donors (Lipinski definition) is 1. The first-order valence-corrected chi connectivity index (χ1v) is 7.67. The van der Waals surface area contributed by atoms with Gasteiger partial charge in [-0.2, -0.15) is 0 Å². The Labute approximate surface area is 126 Å². The molecule has 0 aliphatic rings. The fourth-order valence-electron chi connectivity index (χ4n) is 2.24. The van der Waals surface area contributed by atoms with Crippen LogP contribution < -0.4 is 10.1 Å². The lowest BCUT2D eigenvalue weighted by Gasteiger charge is -2.16. The number of unbranched alkanes of at least 4 members (excludes halogenated alkanes) is 1. The topological polar surface area (TPSA) is 64.4 Å². The summed E-state index contributed by atoms with van der Waals surface area (Å²) in [5.41, 5.74) is 1.03. The zero-order valence-corrected chi connectivity index (χ0v) is 13.2. The van der Waals surface area contributed by atoms with E-state index in [0.717, 1.165) is 24.8 Å². The summed E-state index contributed by atoms with van der Waals surface area (Å²) in [6.07, 6.45) is 4.47. The predicted molar refractivity (Wildman–Crippen MR) is 84.7 cm³/mol. The van der Waals surface area contributed by atoms with E-state index in [1.54, 1.807) is 12.1 Å². The number of nitrogens with one attached hydrogen (secondary N) is 1. The van der Waals surface area contributed by atoms with Crippen LogP contribution >= 0.6 is 0 Å². The molecule has 21 heavy (non-hydrogen) atoms.